The molecule has 0 aliphatic rings. The Kier molecular flexibility index (Phi) is 20.5. The lowest BCUT2D eigenvalue weighted by Gasteiger charge is -2.24. The SMILES string of the molecule is CCCCCOC(=O)C(O)(CC(=O)OCCCCCCC(C)C)CC(=O)OCCCCCCC(C)C. The lowest BCUT2D eigenvalue weighted by molar-refractivity contribution is -0.178. The van der Waals surface area contributed by atoms with Crippen molar-refractivity contribution < 1.29 is 33.7 Å². The molecule has 7 nitrogen and oxygen atoms in total. The highest BCUT2D eigenvalue weighted by molar-refractivity contribution is 5.90. The third kappa shape index (κ3) is 19.5. The maximum absolute atomic E-state index is 12.6. The predicted molar refractivity (Wildman–Crippen MR) is 142 cm³/mol. The largest absolute Gasteiger partial charge is 0.466 e. The molecule has 0 saturated heterocycles. The van der Waals surface area contributed by atoms with Crippen molar-refractivity contribution in [2.75, 3.05) is 19.8 Å². The summed E-state index contributed by atoms with van der Waals surface area (Å²) >= 11 is 0. The van der Waals surface area contributed by atoms with E-state index in [1.165, 1.54) is 12.8 Å². The number of carbonyl (C=O) groups excluding carboxylic acids is 3. The fourth-order valence-electron chi connectivity index (χ4n) is 3.83. The average molecular weight is 515 g/mol. The first-order valence-corrected chi connectivity index (χ1v) is 14.3. The van der Waals surface area contributed by atoms with Crippen LogP contribution in [0.2, 0.25) is 0 Å². The molecule has 0 radical (unpaired) electrons. The quantitative estimate of drug-likeness (QED) is 0.0940. The molecule has 0 saturated carbocycles. The van der Waals surface area contributed by atoms with Gasteiger partial charge in [0, 0.05) is 0 Å². The molecule has 1 N–H and O–H groups in total. The summed E-state index contributed by atoms with van der Waals surface area (Å²) in [6.07, 6.45) is 11.4. The second-order valence-corrected chi connectivity index (χ2v) is 10.9. The van der Waals surface area contributed by atoms with E-state index >= 15 is 0 Å². The predicted octanol–water partition coefficient (Wildman–Crippen LogP) is 6.53. The van der Waals surface area contributed by atoms with Gasteiger partial charge in [-0.2, -0.15) is 0 Å². The Balaban J connectivity index is 4.59. The molecule has 0 aromatic heterocycles. The summed E-state index contributed by atoms with van der Waals surface area (Å²) in [5.41, 5.74) is -2.28. The fraction of sp³-hybridized carbons (Fsp3) is 0.897. The third-order valence-corrected chi connectivity index (χ3v) is 6.11. The number of unbranched alkanes of at least 4 members (excludes halogenated alkanes) is 8. The molecule has 0 aromatic carbocycles. The molecule has 0 aliphatic carbocycles. The van der Waals surface area contributed by atoms with Crippen LogP contribution in [0.4, 0.5) is 0 Å². The van der Waals surface area contributed by atoms with Crippen molar-refractivity contribution >= 4 is 17.9 Å². The minimum atomic E-state index is -2.28. The average Bonchev–Trinajstić information content (AvgIpc) is 2.79. The number of rotatable bonds is 23. The molecular weight excluding hydrogens is 460 g/mol. The van der Waals surface area contributed by atoms with Crippen LogP contribution >= 0.6 is 0 Å². The van der Waals surface area contributed by atoms with Crippen LogP contribution in [0.5, 0.6) is 0 Å². The van der Waals surface area contributed by atoms with E-state index in [1.807, 2.05) is 6.92 Å². The maximum atomic E-state index is 12.6. The van der Waals surface area contributed by atoms with Gasteiger partial charge in [-0.1, -0.05) is 98.8 Å². The Morgan fingerprint density at radius 1 is 0.611 bits per heavy atom. The van der Waals surface area contributed by atoms with Crippen LogP contribution in [-0.4, -0.2) is 48.4 Å². The van der Waals surface area contributed by atoms with Gasteiger partial charge in [-0.25, -0.2) is 4.79 Å². The summed E-state index contributed by atoms with van der Waals surface area (Å²) < 4.78 is 15.7. The highest BCUT2D eigenvalue weighted by atomic mass is 16.6. The van der Waals surface area contributed by atoms with Crippen molar-refractivity contribution in [2.24, 2.45) is 11.8 Å². The van der Waals surface area contributed by atoms with Crippen LogP contribution < -0.4 is 0 Å². The minimum absolute atomic E-state index is 0.131. The van der Waals surface area contributed by atoms with Crippen molar-refractivity contribution in [3.63, 3.8) is 0 Å². The highest BCUT2D eigenvalue weighted by Gasteiger charge is 2.43. The Morgan fingerprint density at radius 2 is 1.00 bits per heavy atom. The van der Waals surface area contributed by atoms with Gasteiger partial charge in [0.25, 0.3) is 0 Å². The number of carbonyl (C=O) groups is 3. The molecular formula is C29H54O7. The normalized spacial score (nSPS) is 11.7. The van der Waals surface area contributed by atoms with Gasteiger partial charge in [0.1, 0.15) is 0 Å². The second-order valence-electron chi connectivity index (χ2n) is 10.9. The van der Waals surface area contributed by atoms with E-state index in [2.05, 4.69) is 27.7 Å². The van der Waals surface area contributed by atoms with Crippen molar-refractivity contribution in [1.82, 2.24) is 0 Å². The van der Waals surface area contributed by atoms with E-state index in [0.29, 0.717) is 18.3 Å². The lowest BCUT2D eigenvalue weighted by atomic mass is 9.95. The molecule has 0 spiro atoms. The topological polar surface area (TPSA) is 99.1 Å². The van der Waals surface area contributed by atoms with Gasteiger partial charge in [-0.05, 0) is 31.1 Å². The highest BCUT2D eigenvalue weighted by Crippen LogP contribution is 2.21. The molecule has 0 heterocycles. The maximum Gasteiger partial charge on any atom is 0.339 e. The fourth-order valence-corrected chi connectivity index (χ4v) is 3.83. The van der Waals surface area contributed by atoms with Gasteiger partial charge >= 0.3 is 17.9 Å². The number of ether oxygens (including phenoxy) is 3. The van der Waals surface area contributed by atoms with Crippen LogP contribution in [0, 0.1) is 11.8 Å². The molecule has 0 fully saturated rings. The molecule has 7 heteroatoms. The van der Waals surface area contributed by atoms with Gasteiger partial charge in [-0.3, -0.25) is 9.59 Å². The van der Waals surface area contributed by atoms with E-state index in [4.69, 9.17) is 14.2 Å². The third-order valence-electron chi connectivity index (χ3n) is 6.11. The van der Waals surface area contributed by atoms with Crippen LogP contribution in [0.15, 0.2) is 0 Å². The molecule has 0 unspecified atom stereocenters. The summed E-state index contributed by atoms with van der Waals surface area (Å²) in [6, 6.07) is 0. The summed E-state index contributed by atoms with van der Waals surface area (Å²) in [4.78, 5) is 37.3. The van der Waals surface area contributed by atoms with Gasteiger partial charge < -0.3 is 19.3 Å². The molecule has 0 bridgehead atoms. The summed E-state index contributed by atoms with van der Waals surface area (Å²) in [5, 5.41) is 11.0. The Labute approximate surface area is 220 Å². The molecule has 36 heavy (non-hydrogen) atoms. The first-order valence-electron chi connectivity index (χ1n) is 14.3. The van der Waals surface area contributed by atoms with Gasteiger partial charge in [0.15, 0.2) is 5.60 Å². The number of hydrogen-bond acceptors (Lipinski definition) is 7. The molecule has 0 aliphatic heterocycles. The standard InChI is InChI=1S/C29H54O7/c1-6-7-14-21-36-28(32)29(33,22-26(30)34-19-15-10-8-12-17-24(2)3)23-27(31)35-20-16-11-9-13-18-25(4)5/h24-25,33H,6-23H2,1-5H3. The van der Waals surface area contributed by atoms with E-state index in [1.54, 1.807) is 0 Å². The van der Waals surface area contributed by atoms with E-state index in [0.717, 1.165) is 64.2 Å². The van der Waals surface area contributed by atoms with Gasteiger partial charge in [-0.15, -0.1) is 0 Å². The van der Waals surface area contributed by atoms with E-state index in [9.17, 15) is 19.5 Å². The molecule has 0 atom stereocenters. The first-order chi connectivity index (χ1) is 17.1. The first kappa shape index (κ1) is 34.4. The van der Waals surface area contributed by atoms with Crippen molar-refractivity contribution in [3.8, 4) is 0 Å². The number of hydrogen-bond donors (Lipinski definition) is 1. The Morgan fingerprint density at radius 3 is 1.42 bits per heavy atom. The summed E-state index contributed by atoms with van der Waals surface area (Å²) in [7, 11) is 0. The summed E-state index contributed by atoms with van der Waals surface area (Å²) in [5.74, 6) is -1.05. The zero-order valence-electron chi connectivity index (χ0n) is 23.8. The zero-order chi connectivity index (χ0) is 27.2. The number of esters is 3. The number of aliphatic hydroxyl groups is 1. The van der Waals surface area contributed by atoms with Crippen LogP contribution in [0.25, 0.3) is 0 Å². The second kappa shape index (κ2) is 21.5. The van der Waals surface area contributed by atoms with Crippen LogP contribution in [0.3, 0.4) is 0 Å². The Bertz CT molecular complexity index is 550. The Hall–Kier alpha value is -1.63. The lowest BCUT2D eigenvalue weighted by Crippen LogP contribution is -2.45. The molecule has 212 valence electrons. The molecule has 0 aromatic rings. The van der Waals surface area contributed by atoms with Crippen molar-refractivity contribution in [1.29, 1.82) is 0 Å². The van der Waals surface area contributed by atoms with Crippen LogP contribution in [-0.2, 0) is 28.6 Å². The smallest absolute Gasteiger partial charge is 0.339 e. The molecule has 0 amide bonds. The van der Waals surface area contributed by atoms with E-state index in [-0.39, 0.29) is 19.8 Å². The minimum Gasteiger partial charge on any atom is -0.466 e. The van der Waals surface area contributed by atoms with Gasteiger partial charge in [0.05, 0.1) is 32.7 Å². The monoisotopic (exact) mass is 514 g/mol. The summed E-state index contributed by atoms with van der Waals surface area (Å²) in [6.45, 7) is 11.4. The molecule has 0 rings (SSSR count). The van der Waals surface area contributed by atoms with Crippen LogP contribution in [0.1, 0.15) is 131 Å². The van der Waals surface area contributed by atoms with Gasteiger partial charge in [0.2, 0.25) is 0 Å². The van der Waals surface area contributed by atoms with Crippen molar-refractivity contribution in [2.45, 2.75) is 137 Å². The zero-order valence-corrected chi connectivity index (χ0v) is 23.8. The van der Waals surface area contributed by atoms with Crippen molar-refractivity contribution in [3.05, 3.63) is 0 Å². The van der Waals surface area contributed by atoms with E-state index < -0.39 is 36.4 Å².